The molecule has 1 rings (SSSR count). The van der Waals surface area contributed by atoms with Crippen LogP contribution in [0.2, 0.25) is 0 Å². The molecular weight excluding hydrogens is 156 g/mol. The van der Waals surface area contributed by atoms with Crippen molar-refractivity contribution in [1.29, 1.82) is 0 Å². The van der Waals surface area contributed by atoms with Crippen LogP contribution >= 0.6 is 0 Å². The minimum atomic E-state index is 0.533. The molecule has 0 aromatic heterocycles. The minimum absolute atomic E-state index is 0.533. The summed E-state index contributed by atoms with van der Waals surface area (Å²) in [6.45, 7) is 14.2. The highest BCUT2D eigenvalue weighted by Gasteiger charge is 2.44. The van der Waals surface area contributed by atoms with Crippen LogP contribution in [0.3, 0.4) is 0 Å². The van der Waals surface area contributed by atoms with E-state index in [2.05, 4.69) is 41.5 Å². The zero-order valence-corrected chi connectivity index (χ0v) is 10.3. The van der Waals surface area contributed by atoms with E-state index in [4.69, 9.17) is 0 Å². The van der Waals surface area contributed by atoms with E-state index >= 15 is 0 Å². The maximum absolute atomic E-state index is 2.38. The van der Waals surface area contributed by atoms with Gasteiger partial charge in [-0.15, -0.1) is 0 Å². The van der Waals surface area contributed by atoms with Crippen LogP contribution in [0.1, 0.15) is 60.8 Å². The topological polar surface area (TPSA) is 0 Å². The Kier molecular flexibility index (Phi) is 2.81. The third-order valence-electron chi connectivity index (χ3n) is 3.30. The Morgan fingerprint density at radius 3 is 1.85 bits per heavy atom. The first-order valence-electron chi connectivity index (χ1n) is 5.70. The first-order chi connectivity index (χ1) is 5.70. The van der Waals surface area contributed by atoms with E-state index in [-0.39, 0.29) is 0 Å². The van der Waals surface area contributed by atoms with Crippen molar-refractivity contribution >= 4 is 0 Å². The number of hydrogen-bond donors (Lipinski definition) is 0. The first kappa shape index (κ1) is 11.1. The lowest BCUT2D eigenvalue weighted by Gasteiger charge is -2.20. The fourth-order valence-electron chi connectivity index (χ4n) is 2.25. The normalized spacial score (nSPS) is 29.1. The van der Waals surface area contributed by atoms with Crippen LogP contribution in [0, 0.1) is 22.7 Å². The molecule has 1 aliphatic rings. The smallest absolute Gasteiger partial charge is 0.0334 e. The molecule has 0 nitrogen and oxygen atoms in total. The summed E-state index contributed by atoms with van der Waals surface area (Å²) in [4.78, 5) is 0. The van der Waals surface area contributed by atoms with E-state index in [1.54, 1.807) is 0 Å². The van der Waals surface area contributed by atoms with Crippen molar-refractivity contribution < 1.29 is 0 Å². The molecule has 0 amide bonds. The van der Waals surface area contributed by atoms with Crippen LogP contribution < -0.4 is 0 Å². The summed E-state index contributed by atoms with van der Waals surface area (Å²) in [5.41, 5.74) is 1.09. The van der Waals surface area contributed by atoms with Gasteiger partial charge in [-0.3, -0.25) is 0 Å². The van der Waals surface area contributed by atoms with Crippen LogP contribution in [-0.2, 0) is 0 Å². The van der Waals surface area contributed by atoms with Crippen LogP contribution in [0.5, 0.6) is 0 Å². The second kappa shape index (κ2) is 3.29. The van der Waals surface area contributed by atoms with E-state index in [1.807, 2.05) is 0 Å². The molecule has 0 heteroatoms. The third kappa shape index (κ3) is 3.70. The standard InChI is InChI=1S/C13H26/c1-12(2,3)8-7-10-9-11(10)13(4,5)6/h10-11H,7-9H2,1-6H3. The molecule has 78 valence electrons. The van der Waals surface area contributed by atoms with E-state index < -0.39 is 0 Å². The summed E-state index contributed by atoms with van der Waals surface area (Å²) in [5.74, 6) is 2.05. The SMILES string of the molecule is CC(C)(C)CCC1CC1C(C)(C)C. The molecule has 0 aromatic carbocycles. The molecular formula is C13H26. The van der Waals surface area contributed by atoms with E-state index in [0.29, 0.717) is 10.8 Å². The van der Waals surface area contributed by atoms with Gasteiger partial charge in [-0.05, 0) is 41.9 Å². The molecule has 2 unspecified atom stereocenters. The Morgan fingerprint density at radius 2 is 1.54 bits per heavy atom. The predicted molar refractivity (Wildman–Crippen MR) is 59.7 cm³/mol. The van der Waals surface area contributed by atoms with Gasteiger partial charge < -0.3 is 0 Å². The van der Waals surface area contributed by atoms with Gasteiger partial charge in [0.25, 0.3) is 0 Å². The molecule has 0 saturated heterocycles. The second-order valence-corrected chi connectivity index (χ2v) is 7.07. The van der Waals surface area contributed by atoms with E-state index in [9.17, 15) is 0 Å². The van der Waals surface area contributed by atoms with Gasteiger partial charge in [-0.2, -0.15) is 0 Å². The fraction of sp³-hybridized carbons (Fsp3) is 1.00. The maximum Gasteiger partial charge on any atom is -0.0334 e. The Hall–Kier alpha value is 0. The zero-order chi connectivity index (χ0) is 10.3. The fourth-order valence-corrected chi connectivity index (χ4v) is 2.25. The lowest BCUT2D eigenvalue weighted by Crippen LogP contribution is -2.11. The van der Waals surface area contributed by atoms with Crippen LogP contribution in [0.25, 0.3) is 0 Å². The summed E-state index contributed by atoms with van der Waals surface area (Å²) in [6, 6.07) is 0. The highest BCUT2D eigenvalue weighted by Crippen LogP contribution is 2.53. The monoisotopic (exact) mass is 182 g/mol. The average molecular weight is 182 g/mol. The number of hydrogen-bond acceptors (Lipinski definition) is 0. The van der Waals surface area contributed by atoms with Crippen LogP contribution in [0.15, 0.2) is 0 Å². The van der Waals surface area contributed by atoms with Gasteiger partial charge in [0.15, 0.2) is 0 Å². The summed E-state index contributed by atoms with van der Waals surface area (Å²) in [6.07, 6.45) is 4.33. The maximum atomic E-state index is 2.38. The molecule has 0 spiro atoms. The lowest BCUT2D eigenvalue weighted by molar-refractivity contribution is 0.300. The molecule has 13 heavy (non-hydrogen) atoms. The van der Waals surface area contributed by atoms with Gasteiger partial charge in [0.1, 0.15) is 0 Å². The minimum Gasteiger partial charge on any atom is -0.0602 e. The molecule has 0 N–H and O–H groups in total. The predicted octanol–water partition coefficient (Wildman–Crippen LogP) is 4.49. The molecule has 1 saturated carbocycles. The molecule has 0 aromatic rings. The molecule has 1 aliphatic carbocycles. The highest BCUT2D eigenvalue weighted by atomic mass is 14.5. The lowest BCUT2D eigenvalue weighted by atomic mass is 9.85. The van der Waals surface area contributed by atoms with Gasteiger partial charge in [0.05, 0.1) is 0 Å². The molecule has 1 fully saturated rings. The first-order valence-corrected chi connectivity index (χ1v) is 5.70. The van der Waals surface area contributed by atoms with Crippen LogP contribution in [-0.4, -0.2) is 0 Å². The van der Waals surface area contributed by atoms with Gasteiger partial charge in [-0.1, -0.05) is 41.5 Å². The van der Waals surface area contributed by atoms with Crippen molar-refractivity contribution in [3.05, 3.63) is 0 Å². The Balaban J connectivity index is 2.22. The summed E-state index contributed by atoms with van der Waals surface area (Å²) in [7, 11) is 0. The van der Waals surface area contributed by atoms with Gasteiger partial charge in [0, 0.05) is 0 Å². The molecule has 0 heterocycles. The van der Waals surface area contributed by atoms with Gasteiger partial charge in [0.2, 0.25) is 0 Å². The molecule has 0 aliphatic heterocycles. The summed E-state index contributed by atoms with van der Waals surface area (Å²) >= 11 is 0. The Morgan fingerprint density at radius 1 is 1.00 bits per heavy atom. The van der Waals surface area contributed by atoms with Crippen molar-refractivity contribution in [1.82, 2.24) is 0 Å². The molecule has 2 atom stereocenters. The van der Waals surface area contributed by atoms with Crippen molar-refractivity contribution in [3.8, 4) is 0 Å². The largest absolute Gasteiger partial charge is 0.0602 e. The Bertz CT molecular complexity index is 165. The molecule has 0 bridgehead atoms. The zero-order valence-electron chi connectivity index (χ0n) is 10.3. The quantitative estimate of drug-likeness (QED) is 0.590. The number of rotatable bonds is 2. The summed E-state index contributed by atoms with van der Waals surface area (Å²) in [5, 5.41) is 0. The molecule has 0 radical (unpaired) electrons. The average Bonchev–Trinajstić information content (AvgIpc) is 2.57. The summed E-state index contributed by atoms with van der Waals surface area (Å²) < 4.78 is 0. The van der Waals surface area contributed by atoms with Crippen molar-refractivity contribution in [2.45, 2.75) is 60.8 Å². The highest BCUT2D eigenvalue weighted by molar-refractivity contribution is 4.94. The van der Waals surface area contributed by atoms with E-state index in [0.717, 1.165) is 11.8 Å². The van der Waals surface area contributed by atoms with Crippen molar-refractivity contribution in [2.75, 3.05) is 0 Å². The van der Waals surface area contributed by atoms with E-state index in [1.165, 1.54) is 19.3 Å². The second-order valence-electron chi connectivity index (χ2n) is 7.07. The van der Waals surface area contributed by atoms with Crippen molar-refractivity contribution in [2.24, 2.45) is 22.7 Å². The van der Waals surface area contributed by atoms with Crippen molar-refractivity contribution in [3.63, 3.8) is 0 Å². The Labute approximate surface area is 84.1 Å². The van der Waals surface area contributed by atoms with Gasteiger partial charge in [-0.25, -0.2) is 0 Å². The van der Waals surface area contributed by atoms with Gasteiger partial charge >= 0.3 is 0 Å². The van der Waals surface area contributed by atoms with Crippen LogP contribution in [0.4, 0.5) is 0 Å². The third-order valence-corrected chi connectivity index (χ3v) is 3.30.